The van der Waals surface area contributed by atoms with Crippen LogP contribution in [0.5, 0.6) is 0 Å². The fourth-order valence-corrected chi connectivity index (χ4v) is 0.869. The van der Waals surface area contributed by atoms with E-state index in [9.17, 15) is 0 Å². The SMILES string of the molecule is CCOCn1cnc(C#N)c1C#N. The van der Waals surface area contributed by atoms with Crippen LogP contribution in [-0.2, 0) is 11.5 Å². The maximum absolute atomic E-state index is 8.70. The lowest BCUT2D eigenvalue weighted by molar-refractivity contribution is 0.0872. The van der Waals surface area contributed by atoms with Crippen molar-refractivity contribution in [1.82, 2.24) is 9.55 Å². The predicted molar refractivity (Wildman–Crippen MR) is 43.3 cm³/mol. The second kappa shape index (κ2) is 4.24. The van der Waals surface area contributed by atoms with Crippen molar-refractivity contribution in [2.45, 2.75) is 13.7 Å². The molecular weight excluding hydrogens is 168 g/mol. The highest BCUT2D eigenvalue weighted by molar-refractivity contribution is 5.35. The second-order valence-electron chi connectivity index (χ2n) is 2.26. The molecule has 1 aromatic heterocycles. The average molecular weight is 176 g/mol. The topological polar surface area (TPSA) is 74.6 Å². The number of nitrogens with zero attached hydrogens (tertiary/aromatic N) is 4. The third kappa shape index (κ3) is 1.84. The number of hydrogen-bond acceptors (Lipinski definition) is 4. The first-order chi connectivity index (χ1) is 6.33. The van der Waals surface area contributed by atoms with Crippen LogP contribution in [0.2, 0.25) is 0 Å². The summed E-state index contributed by atoms with van der Waals surface area (Å²) in [6, 6.07) is 3.74. The Morgan fingerprint density at radius 3 is 2.85 bits per heavy atom. The number of ether oxygens (including phenoxy) is 1. The molecule has 5 nitrogen and oxygen atoms in total. The van der Waals surface area contributed by atoms with E-state index in [-0.39, 0.29) is 18.1 Å². The number of rotatable bonds is 3. The average Bonchev–Trinajstić information content (AvgIpc) is 2.56. The first-order valence-electron chi connectivity index (χ1n) is 3.76. The maximum Gasteiger partial charge on any atom is 0.176 e. The van der Waals surface area contributed by atoms with Gasteiger partial charge in [-0.2, -0.15) is 10.5 Å². The molecule has 0 aliphatic heterocycles. The van der Waals surface area contributed by atoms with Crippen LogP contribution >= 0.6 is 0 Å². The summed E-state index contributed by atoms with van der Waals surface area (Å²) >= 11 is 0. The van der Waals surface area contributed by atoms with Crippen LogP contribution in [0.25, 0.3) is 0 Å². The molecule has 1 aromatic rings. The molecule has 0 aliphatic rings. The zero-order valence-electron chi connectivity index (χ0n) is 7.19. The van der Waals surface area contributed by atoms with E-state index < -0.39 is 0 Å². The van der Waals surface area contributed by atoms with Gasteiger partial charge in [0, 0.05) is 6.61 Å². The third-order valence-electron chi connectivity index (χ3n) is 1.48. The molecular formula is C8H8N4O. The molecule has 0 atom stereocenters. The minimum absolute atomic E-state index is 0.141. The molecule has 0 radical (unpaired) electrons. The Labute approximate surface area is 75.8 Å². The molecule has 5 heteroatoms. The molecule has 0 fully saturated rings. The molecule has 0 amide bonds. The third-order valence-corrected chi connectivity index (χ3v) is 1.48. The van der Waals surface area contributed by atoms with Crippen molar-refractivity contribution < 1.29 is 4.74 Å². The summed E-state index contributed by atoms with van der Waals surface area (Å²) in [4.78, 5) is 3.76. The zero-order valence-corrected chi connectivity index (χ0v) is 7.19. The Morgan fingerprint density at radius 1 is 1.54 bits per heavy atom. The van der Waals surface area contributed by atoms with Crippen LogP contribution in [-0.4, -0.2) is 16.2 Å². The summed E-state index contributed by atoms with van der Waals surface area (Å²) in [5.41, 5.74) is 0.387. The zero-order chi connectivity index (χ0) is 9.68. The van der Waals surface area contributed by atoms with Crippen molar-refractivity contribution in [3.63, 3.8) is 0 Å². The second-order valence-corrected chi connectivity index (χ2v) is 2.26. The largest absolute Gasteiger partial charge is 0.361 e. The van der Waals surface area contributed by atoms with Gasteiger partial charge in [-0.15, -0.1) is 0 Å². The van der Waals surface area contributed by atoms with Crippen molar-refractivity contribution in [2.75, 3.05) is 6.61 Å². The molecule has 0 N–H and O–H groups in total. The summed E-state index contributed by atoms with van der Waals surface area (Å²) in [5.74, 6) is 0. The molecule has 0 aliphatic carbocycles. The minimum atomic E-state index is 0.141. The van der Waals surface area contributed by atoms with E-state index in [2.05, 4.69) is 4.98 Å². The monoisotopic (exact) mass is 176 g/mol. The lowest BCUT2D eigenvalue weighted by atomic mass is 10.4. The quantitative estimate of drug-likeness (QED) is 0.676. The van der Waals surface area contributed by atoms with Gasteiger partial charge < -0.3 is 4.74 Å². The van der Waals surface area contributed by atoms with Crippen LogP contribution in [0.4, 0.5) is 0 Å². The van der Waals surface area contributed by atoms with Gasteiger partial charge in [-0.3, -0.25) is 4.57 Å². The highest BCUT2D eigenvalue weighted by atomic mass is 16.5. The van der Waals surface area contributed by atoms with Crippen LogP contribution < -0.4 is 0 Å². The first-order valence-corrected chi connectivity index (χ1v) is 3.76. The van der Waals surface area contributed by atoms with Crippen LogP contribution in [0.1, 0.15) is 18.3 Å². The summed E-state index contributed by atoms with van der Waals surface area (Å²) in [7, 11) is 0. The molecule has 66 valence electrons. The van der Waals surface area contributed by atoms with E-state index >= 15 is 0 Å². The van der Waals surface area contributed by atoms with E-state index in [1.165, 1.54) is 10.9 Å². The number of imidazole rings is 1. The van der Waals surface area contributed by atoms with Crippen LogP contribution in [0.15, 0.2) is 6.33 Å². The fourth-order valence-electron chi connectivity index (χ4n) is 0.869. The van der Waals surface area contributed by atoms with E-state index in [1.54, 1.807) is 0 Å². The summed E-state index contributed by atoms with van der Waals surface area (Å²) in [5, 5.41) is 17.3. The van der Waals surface area contributed by atoms with Crippen molar-refractivity contribution in [3.05, 3.63) is 17.7 Å². The highest BCUT2D eigenvalue weighted by Gasteiger charge is 2.08. The number of nitriles is 2. The molecule has 1 heterocycles. The van der Waals surface area contributed by atoms with E-state index in [4.69, 9.17) is 15.3 Å². The normalized spacial score (nSPS) is 9.15. The van der Waals surface area contributed by atoms with Gasteiger partial charge in [-0.1, -0.05) is 0 Å². The van der Waals surface area contributed by atoms with Crippen LogP contribution in [0, 0.1) is 22.7 Å². The predicted octanol–water partition coefficient (Wildman–Crippen LogP) is 0.620. The Hall–Kier alpha value is -1.85. The Balaban J connectivity index is 2.91. The van der Waals surface area contributed by atoms with Gasteiger partial charge in [0.1, 0.15) is 18.9 Å². The van der Waals surface area contributed by atoms with Crippen LogP contribution in [0.3, 0.4) is 0 Å². The number of hydrogen-bond donors (Lipinski definition) is 0. The van der Waals surface area contributed by atoms with Gasteiger partial charge in [0.15, 0.2) is 11.4 Å². The molecule has 0 bridgehead atoms. The van der Waals surface area contributed by atoms with Gasteiger partial charge in [0.2, 0.25) is 0 Å². The lowest BCUT2D eigenvalue weighted by Crippen LogP contribution is -2.03. The van der Waals surface area contributed by atoms with Gasteiger partial charge >= 0.3 is 0 Å². The Morgan fingerprint density at radius 2 is 2.31 bits per heavy atom. The molecule has 0 saturated heterocycles. The highest BCUT2D eigenvalue weighted by Crippen LogP contribution is 2.04. The molecule has 0 aromatic carbocycles. The smallest absolute Gasteiger partial charge is 0.176 e. The van der Waals surface area contributed by atoms with Crippen molar-refractivity contribution in [2.24, 2.45) is 0 Å². The molecule has 1 rings (SSSR count). The number of aromatic nitrogens is 2. The molecule has 0 saturated carbocycles. The van der Waals surface area contributed by atoms with Crippen molar-refractivity contribution in [3.8, 4) is 12.1 Å². The summed E-state index contributed by atoms with van der Waals surface area (Å²) < 4.78 is 6.58. The van der Waals surface area contributed by atoms with Crippen molar-refractivity contribution >= 4 is 0 Å². The van der Waals surface area contributed by atoms with E-state index in [1.807, 2.05) is 19.1 Å². The minimum Gasteiger partial charge on any atom is -0.361 e. The van der Waals surface area contributed by atoms with Gasteiger partial charge in [-0.25, -0.2) is 4.98 Å². The van der Waals surface area contributed by atoms with Gasteiger partial charge in [0.25, 0.3) is 0 Å². The first kappa shape index (κ1) is 9.24. The summed E-state index contributed by atoms with van der Waals surface area (Å²) in [6.07, 6.45) is 1.42. The van der Waals surface area contributed by atoms with Gasteiger partial charge in [0.05, 0.1) is 6.33 Å². The standard InChI is InChI=1S/C8H8N4O/c1-2-13-6-12-5-11-7(3-9)8(12)4-10/h5H,2,6H2,1H3. The Bertz CT molecular complexity index is 368. The lowest BCUT2D eigenvalue weighted by Gasteiger charge is -2.01. The van der Waals surface area contributed by atoms with Gasteiger partial charge in [-0.05, 0) is 6.92 Å². The molecule has 0 unspecified atom stereocenters. The van der Waals surface area contributed by atoms with E-state index in [0.29, 0.717) is 6.61 Å². The van der Waals surface area contributed by atoms with E-state index in [0.717, 1.165) is 0 Å². The summed E-state index contributed by atoms with van der Waals surface area (Å²) in [6.45, 7) is 2.67. The van der Waals surface area contributed by atoms with Crippen molar-refractivity contribution in [1.29, 1.82) is 10.5 Å². The maximum atomic E-state index is 8.70. The molecule has 0 spiro atoms. The molecule has 13 heavy (non-hydrogen) atoms. The fraction of sp³-hybridized carbons (Fsp3) is 0.375. The Kier molecular flexibility index (Phi) is 3.02.